The van der Waals surface area contributed by atoms with E-state index in [0.29, 0.717) is 12.1 Å². The molecule has 0 spiro atoms. The molecule has 0 aromatic heterocycles. The second-order valence-electron chi connectivity index (χ2n) is 3.90. The summed E-state index contributed by atoms with van der Waals surface area (Å²) in [7, 11) is -3.04. The Kier molecular flexibility index (Phi) is 5.30. The fourth-order valence-electron chi connectivity index (χ4n) is 1.41. The lowest BCUT2D eigenvalue weighted by molar-refractivity contribution is 0.0956. The third-order valence-corrected chi connectivity index (χ3v) is 4.27. The normalized spacial score (nSPS) is 11.2. The van der Waals surface area contributed by atoms with Crippen molar-refractivity contribution in [1.29, 1.82) is 0 Å². The summed E-state index contributed by atoms with van der Waals surface area (Å²) < 4.78 is 22.5. The average molecular weight is 270 g/mol. The number of benzene rings is 1. The van der Waals surface area contributed by atoms with Crippen LogP contribution in [0, 0.1) is 0 Å². The van der Waals surface area contributed by atoms with Crippen molar-refractivity contribution in [3.8, 4) is 0 Å². The Morgan fingerprint density at radius 1 is 1.39 bits per heavy atom. The van der Waals surface area contributed by atoms with Gasteiger partial charge in [-0.05, 0) is 17.7 Å². The van der Waals surface area contributed by atoms with Crippen LogP contribution in [0.2, 0.25) is 0 Å². The lowest BCUT2D eigenvalue weighted by Crippen LogP contribution is -2.29. The van der Waals surface area contributed by atoms with Crippen LogP contribution in [0.1, 0.15) is 22.8 Å². The zero-order valence-corrected chi connectivity index (χ0v) is 11.2. The monoisotopic (exact) mass is 270 g/mol. The van der Waals surface area contributed by atoms with Crippen LogP contribution in [-0.2, 0) is 16.4 Å². The van der Waals surface area contributed by atoms with Crippen molar-refractivity contribution in [2.45, 2.75) is 13.5 Å². The molecule has 0 fully saturated rings. The third-order valence-electron chi connectivity index (χ3n) is 2.56. The van der Waals surface area contributed by atoms with Gasteiger partial charge in [-0.1, -0.05) is 19.1 Å². The average Bonchev–Trinajstić information content (AvgIpc) is 2.38. The third kappa shape index (κ3) is 4.46. The summed E-state index contributed by atoms with van der Waals surface area (Å²) in [6.45, 7) is 2.08. The Balaban J connectivity index is 2.55. The maximum atomic E-state index is 11.7. The molecule has 1 aromatic carbocycles. The fourth-order valence-corrected chi connectivity index (χ4v) is 2.11. The van der Waals surface area contributed by atoms with E-state index in [4.69, 9.17) is 5.73 Å². The second kappa shape index (κ2) is 6.51. The van der Waals surface area contributed by atoms with Gasteiger partial charge in [0.2, 0.25) is 0 Å². The molecule has 0 atom stereocenters. The molecule has 0 aliphatic rings. The molecule has 0 aliphatic heterocycles. The van der Waals surface area contributed by atoms with E-state index in [1.807, 2.05) is 6.07 Å². The molecule has 1 aromatic rings. The second-order valence-corrected chi connectivity index (χ2v) is 6.37. The number of carbonyl (C=O) groups excluding carboxylic acids is 1. The Bertz CT molecular complexity index is 512. The number of hydrogen-bond acceptors (Lipinski definition) is 4. The predicted octanol–water partition coefficient (Wildman–Crippen LogP) is 0.310. The molecule has 100 valence electrons. The topological polar surface area (TPSA) is 89.3 Å². The molecule has 0 heterocycles. The Labute approximate surface area is 107 Å². The molecule has 6 heteroatoms. The molecule has 0 unspecified atom stereocenters. The number of sulfone groups is 1. The van der Waals surface area contributed by atoms with E-state index >= 15 is 0 Å². The lowest BCUT2D eigenvalue weighted by atomic mass is 10.1. The molecule has 0 saturated heterocycles. The minimum Gasteiger partial charge on any atom is -0.351 e. The quantitative estimate of drug-likeness (QED) is 0.778. The van der Waals surface area contributed by atoms with Crippen LogP contribution in [0.4, 0.5) is 0 Å². The summed E-state index contributed by atoms with van der Waals surface area (Å²) in [5, 5.41) is 2.58. The number of amides is 1. The van der Waals surface area contributed by atoms with E-state index in [1.165, 1.54) is 0 Å². The first-order valence-corrected chi connectivity index (χ1v) is 7.58. The summed E-state index contributed by atoms with van der Waals surface area (Å²) in [6.07, 6.45) is 0. The lowest BCUT2D eigenvalue weighted by Gasteiger charge is -2.06. The van der Waals surface area contributed by atoms with Crippen molar-refractivity contribution in [2.24, 2.45) is 5.73 Å². The summed E-state index contributed by atoms with van der Waals surface area (Å²) >= 11 is 0. The molecule has 1 amide bonds. The Morgan fingerprint density at radius 3 is 2.72 bits per heavy atom. The van der Waals surface area contributed by atoms with Gasteiger partial charge in [0.15, 0.2) is 9.84 Å². The van der Waals surface area contributed by atoms with Gasteiger partial charge < -0.3 is 11.1 Å². The molecule has 3 N–H and O–H groups in total. The van der Waals surface area contributed by atoms with E-state index in [0.717, 1.165) is 5.56 Å². The number of hydrogen-bond donors (Lipinski definition) is 2. The first kappa shape index (κ1) is 14.7. The van der Waals surface area contributed by atoms with Crippen molar-refractivity contribution >= 4 is 15.7 Å². The van der Waals surface area contributed by atoms with E-state index in [-0.39, 0.29) is 24.0 Å². The SMILES string of the molecule is CCS(=O)(=O)CCNC(=O)c1cccc(CN)c1. The summed E-state index contributed by atoms with van der Waals surface area (Å²) in [5.41, 5.74) is 6.84. The zero-order valence-electron chi connectivity index (χ0n) is 10.3. The van der Waals surface area contributed by atoms with Crippen molar-refractivity contribution < 1.29 is 13.2 Å². The van der Waals surface area contributed by atoms with Gasteiger partial charge in [0.1, 0.15) is 0 Å². The van der Waals surface area contributed by atoms with Crippen LogP contribution < -0.4 is 11.1 Å². The maximum Gasteiger partial charge on any atom is 0.251 e. The first-order valence-electron chi connectivity index (χ1n) is 5.76. The summed E-state index contributed by atoms with van der Waals surface area (Å²) in [4.78, 5) is 11.7. The molecule has 0 radical (unpaired) electrons. The highest BCUT2D eigenvalue weighted by Crippen LogP contribution is 2.04. The smallest absolute Gasteiger partial charge is 0.251 e. The van der Waals surface area contributed by atoms with Gasteiger partial charge in [-0.15, -0.1) is 0 Å². The van der Waals surface area contributed by atoms with Crippen molar-refractivity contribution in [1.82, 2.24) is 5.32 Å². The van der Waals surface area contributed by atoms with E-state index in [9.17, 15) is 13.2 Å². The van der Waals surface area contributed by atoms with Gasteiger partial charge in [0, 0.05) is 24.4 Å². The highest BCUT2D eigenvalue weighted by Gasteiger charge is 2.09. The van der Waals surface area contributed by atoms with Gasteiger partial charge >= 0.3 is 0 Å². The molecule has 0 bridgehead atoms. The van der Waals surface area contributed by atoms with Gasteiger partial charge in [-0.2, -0.15) is 0 Å². The zero-order chi connectivity index (χ0) is 13.6. The minimum absolute atomic E-state index is 0.0359. The van der Waals surface area contributed by atoms with Crippen molar-refractivity contribution in [2.75, 3.05) is 18.1 Å². The number of nitrogens with one attached hydrogen (secondary N) is 1. The van der Waals surface area contributed by atoms with E-state index < -0.39 is 9.84 Å². The van der Waals surface area contributed by atoms with Gasteiger partial charge in [0.05, 0.1) is 5.75 Å². The maximum absolute atomic E-state index is 11.7. The van der Waals surface area contributed by atoms with Crippen LogP contribution in [-0.4, -0.2) is 32.4 Å². The molecule has 5 nitrogen and oxygen atoms in total. The highest BCUT2D eigenvalue weighted by atomic mass is 32.2. The van der Waals surface area contributed by atoms with Crippen molar-refractivity contribution in [3.63, 3.8) is 0 Å². The predicted molar refractivity (Wildman–Crippen MR) is 71.0 cm³/mol. The van der Waals surface area contributed by atoms with Crippen molar-refractivity contribution in [3.05, 3.63) is 35.4 Å². The fraction of sp³-hybridized carbons (Fsp3) is 0.417. The van der Waals surface area contributed by atoms with Gasteiger partial charge in [0.25, 0.3) is 5.91 Å². The standard InChI is InChI=1S/C12H18N2O3S/c1-2-18(16,17)7-6-14-12(15)11-5-3-4-10(8-11)9-13/h3-5,8H,2,6-7,9,13H2,1H3,(H,14,15). The van der Waals surface area contributed by atoms with Crippen LogP contribution in [0.15, 0.2) is 24.3 Å². The van der Waals surface area contributed by atoms with Crippen LogP contribution >= 0.6 is 0 Å². The number of nitrogens with two attached hydrogens (primary N) is 1. The largest absolute Gasteiger partial charge is 0.351 e. The Hall–Kier alpha value is -1.40. The van der Waals surface area contributed by atoms with E-state index in [1.54, 1.807) is 25.1 Å². The molecular formula is C12H18N2O3S. The highest BCUT2D eigenvalue weighted by molar-refractivity contribution is 7.91. The summed E-state index contributed by atoms with van der Waals surface area (Å²) in [6, 6.07) is 6.95. The molecule has 1 rings (SSSR count). The van der Waals surface area contributed by atoms with E-state index in [2.05, 4.69) is 5.32 Å². The Morgan fingerprint density at radius 2 is 2.11 bits per heavy atom. The van der Waals surface area contributed by atoms with Gasteiger partial charge in [-0.3, -0.25) is 4.79 Å². The van der Waals surface area contributed by atoms with Crippen LogP contribution in [0.25, 0.3) is 0 Å². The number of rotatable bonds is 6. The van der Waals surface area contributed by atoms with Gasteiger partial charge in [-0.25, -0.2) is 8.42 Å². The first-order chi connectivity index (χ1) is 8.48. The molecule has 0 saturated carbocycles. The van der Waals surface area contributed by atoms with Crippen LogP contribution in [0.5, 0.6) is 0 Å². The summed E-state index contributed by atoms with van der Waals surface area (Å²) in [5.74, 6) is -0.228. The molecule has 18 heavy (non-hydrogen) atoms. The number of carbonyl (C=O) groups is 1. The molecular weight excluding hydrogens is 252 g/mol. The molecule has 0 aliphatic carbocycles. The van der Waals surface area contributed by atoms with Crippen LogP contribution in [0.3, 0.4) is 0 Å². The minimum atomic E-state index is -3.04.